The zero-order valence-electron chi connectivity index (χ0n) is 11.3. The first kappa shape index (κ1) is 14.5. The van der Waals surface area contributed by atoms with Gasteiger partial charge in [-0.15, -0.1) is 0 Å². The summed E-state index contributed by atoms with van der Waals surface area (Å²) in [5.41, 5.74) is 7.30. The second kappa shape index (κ2) is 6.00. The zero-order valence-corrected chi connectivity index (χ0v) is 12.2. The number of benzene rings is 1. The minimum Gasteiger partial charge on any atom is -0.389 e. The molecule has 2 rings (SSSR count). The van der Waals surface area contributed by atoms with Crippen LogP contribution in [0.4, 0.5) is 0 Å². The van der Waals surface area contributed by atoms with E-state index in [1.54, 1.807) is 9.80 Å². The standard InChI is InChI=1S/C14H17N3O2S/c1-2-16-7-8-17(14(19)13(16)18)9-10-5-3-4-6-11(10)12(15)20/h3-6H,2,7-9H2,1H3,(H2,15,20). The maximum absolute atomic E-state index is 12.1. The Balaban J connectivity index is 2.17. The summed E-state index contributed by atoms with van der Waals surface area (Å²) in [5.74, 6) is -0.901. The molecule has 0 bridgehead atoms. The van der Waals surface area contributed by atoms with Gasteiger partial charge < -0.3 is 15.5 Å². The van der Waals surface area contributed by atoms with Crippen molar-refractivity contribution in [2.75, 3.05) is 19.6 Å². The third-order valence-electron chi connectivity index (χ3n) is 3.42. The molecule has 1 aliphatic rings. The Morgan fingerprint density at radius 2 is 1.80 bits per heavy atom. The van der Waals surface area contributed by atoms with Crippen LogP contribution in [0.1, 0.15) is 18.1 Å². The summed E-state index contributed by atoms with van der Waals surface area (Å²) in [4.78, 5) is 27.3. The van der Waals surface area contributed by atoms with Gasteiger partial charge in [0.2, 0.25) is 0 Å². The van der Waals surface area contributed by atoms with Crippen LogP contribution >= 0.6 is 12.2 Å². The molecule has 1 heterocycles. The molecule has 1 fully saturated rings. The second-order valence-corrected chi connectivity index (χ2v) is 5.07. The minimum absolute atomic E-state index is 0.298. The van der Waals surface area contributed by atoms with Crippen LogP contribution in [0, 0.1) is 0 Å². The Morgan fingerprint density at radius 3 is 2.45 bits per heavy atom. The van der Waals surface area contributed by atoms with Crippen LogP contribution in [0.2, 0.25) is 0 Å². The van der Waals surface area contributed by atoms with E-state index >= 15 is 0 Å². The fraction of sp³-hybridized carbons (Fsp3) is 0.357. The van der Waals surface area contributed by atoms with Crippen molar-refractivity contribution in [2.24, 2.45) is 5.73 Å². The molecule has 0 radical (unpaired) electrons. The molecule has 0 atom stereocenters. The van der Waals surface area contributed by atoms with Crippen molar-refractivity contribution < 1.29 is 9.59 Å². The molecule has 1 aromatic rings. The lowest BCUT2D eigenvalue weighted by Crippen LogP contribution is -2.53. The first-order chi connectivity index (χ1) is 9.54. The van der Waals surface area contributed by atoms with Crippen LogP contribution < -0.4 is 5.73 Å². The fourth-order valence-electron chi connectivity index (χ4n) is 2.27. The molecule has 5 nitrogen and oxygen atoms in total. The Kier molecular flexibility index (Phi) is 4.34. The van der Waals surface area contributed by atoms with Crippen LogP contribution in [0.5, 0.6) is 0 Å². The van der Waals surface area contributed by atoms with Crippen LogP contribution in [0.25, 0.3) is 0 Å². The number of carbonyl (C=O) groups excluding carboxylic acids is 2. The summed E-state index contributed by atoms with van der Waals surface area (Å²) in [7, 11) is 0. The van der Waals surface area contributed by atoms with Gasteiger partial charge >= 0.3 is 11.8 Å². The number of likely N-dealkylation sites (N-methyl/N-ethyl adjacent to an activating group) is 1. The molecular formula is C14H17N3O2S. The number of amides is 2. The highest BCUT2D eigenvalue weighted by Crippen LogP contribution is 2.14. The number of piperazine rings is 1. The monoisotopic (exact) mass is 291 g/mol. The maximum Gasteiger partial charge on any atom is 0.312 e. The van der Waals surface area contributed by atoms with E-state index < -0.39 is 11.8 Å². The van der Waals surface area contributed by atoms with Crippen molar-refractivity contribution in [3.8, 4) is 0 Å². The van der Waals surface area contributed by atoms with Crippen LogP contribution in [-0.2, 0) is 16.1 Å². The fourth-order valence-corrected chi connectivity index (χ4v) is 2.47. The van der Waals surface area contributed by atoms with Crippen LogP contribution in [0.3, 0.4) is 0 Å². The molecular weight excluding hydrogens is 274 g/mol. The van der Waals surface area contributed by atoms with Gasteiger partial charge in [0, 0.05) is 31.7 Å². The van der Waals surface area contributed by atoms with E-state index in [9.17, 15) is 9.59 Å². The third kappa shape index (κ3) is 2.80. The molecule has 1 saturated heterocycles. The summed E-state index contributed by atoms with van der Waals surface area (Å²) < 4.78 is 0. The molecule has 2 N–H and O–H groups in total. The maximum atomic E-state index is 12.1. The first-order valence-electron chi connectivity index (χ1n) is 6.50. The molecule has 0 saturated carbocycles. The Labute approximate surface area is 123 Å². The van der Waals surface area contributed by atoms with Gasteiger partial charge in [0.15, 0.2) is 0 Å². The molecule has 1 aromatic carbocycles. The van der Waals surface area contributed by atoms with Crippen molar-refractivity contribution in [1.82, 2.24) is 9.80 Å². The third-order valence-corrected chi connectivity index (χ3v) is 3.64. The summed E-state index contributed by atoms with van der Waals surface area (Å²) >= 11 is 5.01. The normalized spacial score (nSPS) is 15.7. The molecule has 6 heteroatoms. The topological polar surface area (TPSA) is 66.6 Å². The number of hydrogen-bond donors (Lipinski definition) is 1. The Bertz CT molecular complexity index is 559. The van der Waals surface area contributed by atoms with Crippen molar-refractivity contribution in [2.45, 2.75) is 13.5 Å². The summed E-state index contributed by atoms with van der Waals surface area (Å²) in [6.07, 6.45) is 0. The first-order valence-corrected chi connectivity index (χ1v) is 6.91. The quantitative estimate of drug-likeness (QED) is 0.648. The molecule has 106 valence electrons. The molecule has 1 aliphatic heterocycles. The van der Waals surface area contributed by atoms with Crippen molar-refractivity contribution in [1.29, 1.82) is 0 Å². The molecule has 0 unspecified atom stereocenters. The van der Waals surface area contributed by atoms with Crippen molar-refractivity contribution >= 4 is 29.0 Å². The summed E-state index contributed by atoms with van der Waals surface area (Å²) in [6.45, 7) is 3.88. The van der Waals surface area contributed by atoms with Gasteiger partial charge in [-0.3, -0.25) is 9.59 Å². The van der Waals surface area contributed by atoms with Gasteiger partial charge in [-0.2, -0.15) is 0 Å². The van der Waals surface area contributed by atoms with E-state index in [-0.39, 0.29) is 0 Å². The van der Waals surface area contributed by atoms with E-state index in [4.69, 9.17) is 18.0 Å². The van der Waals surface area contributed by atoms with E-state index in [0.29, 0.717) is 31.2 Å². The second-order valence-electron chi connectivity index (χ2n) is 4.63. The van der Waals surface area contributed by atoms with E-state index in [2.05, 4.69) is 0 Å². The minimum atomic E-state index is -0.462. The van der Waals surface area contributed by atoms with Gasteiger partial charge in [-0.05, 0) is 12.5 Å². The van der Waals surface area contributed by atoms with Crippen molar-refractivity contribution in [3.05, 3.63) is 35.4 Å². The predicted molar refractivity (Wildman–Crippen MR) is 80.0 cm³/mol. The van der Waals surface area contributed by atoms with Gasteiger partial charge in [0.25, 0.3) is 0 Å². The lowest BCUT2D eigenvalue weighted by atomic mass is 10.1. The summed E-state index contributed by atoms with van der Waals surface area (Å²) in [6, 6.07) is 7.41. The average molecular weight is 291 g/mol. The molecule has 20 heavy (non-hydrogen) atoms. The highest BCUT2D eigenvalue weighted by atomic mass is 32.1. The van der Waals surface area contributed by atoms with Crippen molar-refractivity contribution in [3.63, 3.8) is 0 Å². The van der Waals surface area contributed by atoms with Gasteiger partial charge in [-0.25, -0.2) is 0 Å². The molecule has 0 aromatic heterocycles. The SMILES string of the molecule is CCN1CCN(Cc2ccccc2C(N)=S)C(=O)C1=O. The highest BCUT2D eigenvalue weighted by molar-refractivity contribution is 7.80. The van der Waals surface area contributed by atoms with Gasteiger partial charge in [0.1, 0.15) is 4.99 Å². The molecule has 0 spiro atoms. The number of rotatable bonds is 4. The van der Waals surface area contributed by atoms with E-state index in [0.717, 1.165) is 11.1 Å². The number of hydrogen-bond acceptors (Lipinski definition) is 3. The lowest BCUT2D eigenvalue weighted by molar-refractivity contribution is -0.156. The van der Waals surface area contributed by atoms with Gasteiger partial charge in [0.05, 0.1) is 0 Å². The lowest BCUT2D eigenvalue weighted by Gasteiger charge is -2.33. The van der Waals surface area contributed by atoms with Crippen LogP contribution in [0.15, 0.2) is 24.3 Å². The number of nitrogens with zero attached hydrogens (tertiary/aromatic N) is 2. The number of thiocarbonyl (C=S) groups is 1. The zero-order chi connectivity index (χ0) is 14.7. The van der Waals surface area contributed by atoms with Gasteiger partial charge in [-0.1, -0.05) is 36.5 Å². The summed E-state index contributed by atoms with van der Waals surface area (Å²) in [5, 5.41) is 0. The number of carbonyl (C=O) groups is 2. The highest BCUT2D eigenvalue weighted by Gasteiger charge is 2.31. The average Bonchev–Trinajstić information content (AvgIpc) is 2.44. The molecule has 0 aliphatic carbocycles. The van der Waals surface area contributed by atoms with E-state index in [1.165, 1.54) is 0 Å². The Hall–Kier alpha value is -1.95. The van der Waals surface area contributed by atoms with Crippen LogP contribution in [-0.4, -0.2) is 46.2 Å². The van der Waals surface area contributed by atoms with E-state index in [1.807, 2.05) is 31.2 Å². The number of nitrogens with two attached hydrogens (primary N) is 1. The smallest absolute Gasteiger partial charge is 0.312 e. The Morgan fingerprint density at radius 1 is 1.20 bits per heavy atom. The molecule has 2 amide bonds. The predicted octanol–water partition coefficient (Wildman–Crippen LogP) is 0.511. The largest absolute Gasteiger partial charge is 0.389 e.